The van der Waals surface area contributed by atoms with Crippen LogP contribution < -0.4 is 0 Å². The molecule has 6 nitrogen and oxygen atoms in total. The van der Waals surface area contributed by atoms with Gasteiger partial charge in [-0.25, -0.2) is 4.79 Å². The number of fused-ring (bicyclic) bond motifs is 7. The average molecular weight is 633 g/mol. The molecule has 46 heavy (non-hydrogen) atoms. The number of rotatable bonds is 8. The Morgan fingerprint density at radius 2 is 1.52 bits per heavy atom. The van der Waals surface area contributed by atoms with Crippen LogP contribution in [-0.2, 0) is 4.79 Å². The highest BCUT2D eigenvalue weighted by Gasteiger charge is 2.70. The van der Waals surface area contributed by atoms with Crippen LogP contribution in [0.5, 0.6) is 0 Å². The minimum absolute atomic E-state index is 0.000856. The third-order valence-corrected chi connectivity index (χ3v) is 15.3. The number of aromatic carboxylic acids is 1. The van der Waals surface area contributed by atoms with Gasteiger partial charge in [-0.15, -0.1) is 0 Å². The average Bonchev–Trinajstić information content (AvgIpc) is 3.44. The predicted octanol–water partition coefficient (Wildman–Crippen LogP) is 7.62. The molecule has 5 aliphatic rings. The Morgan fingerprint density at radius 3 is 2.17 bits per heavy atom. The maximum atomic E-state index is 14.5. The first kappa shape index (κ1) is 33.7. The van der Waals surface area contributed by atoms with E-state index in [9.17, 15) is 19.8 Å². The van der Waals surface area contributed by atoms with Crippen LogP contribution in [0.25, 0.3) is 5.57 Å². The molecular weight excluding hydrogens is 572 g/mol. The number of aliphatic hydroxyl groups is 1. The van der Waals surface area contributed by atoms with E-state index in [1.807, 2.05) is 17.0 Å². The minimum atomic E-state index is -0.875. The second-order valence-electron chi connectivity index (χ2n) is 17.6. The lowest BCUT2D eigenvalue weighted by atomic mass is 9.32. The zero-order valence-electron chi connectivity index (χ0n) is 29.7. The highest BCUT2D eigenvalue weighted by Crippen LogP contribution is 2.77. The molecule has 0 radical (unpaired) electrons. The Bertz CT molecular complexity index is 1370. The first-order valence-corrected chi connectivity index (χ1v) is 18.2. The number of allylic oxidation sites excluding steroid dienone is 2. The van der Waals surface area contributed by atoms with Crippen molar-refractivity contribution in [3.63, 3.8) is 0 Å². The van der Waals surface area contributed by atoms with Gasteiger partial charge in [0, 0.05) is 19.6 Å². The van der Waals surface area contributed by atoms with Crippen LogP contribution >= 0.6 is 0 Å². The molecule has 5 aliphatic carbocycles. The van der Waals surface area contributed by atoms with E-state index in [0.717, 1.165) is 44.2 Å². The Balaban J connectivity index is 1.29. The summed E-state index contributed by atoms with van der Waals surface area (Å²) in [6.07, 6.45) is 14.0. The quantitative estimate of drug-likeness (QED) is 0.308. The number of carboxylic acid groups (broad SMARTS) is 1. The molecule has 6 heteroatoms. The molecule has 0 spiro atoms. The highest BCUT2D eigenvalue weighted by molar-refractivity contribution is 5.88. The predicted molar refractivity (Wildman–Crippen MR) is 184 cm³/mol. The third kappa shape index (κ3) is 4.85. The van der Waals surface area contributed by atoms with Gasteiger partial charge < -0.3 is 20.0 Å². The van der Waals surface area contributed by atoms with Crippen molar-refractivity contribution >= 4 is 17.4 Å². The maximum Gasteiger partial charge on any atom is 0.335 e. The van der Waals surface area contributed by atoms with Crippen molar-refractivity contribution in [3.05, 3.63) is 41.5 Å². The fourth-order valence-electron chi connectivity index (χ4n) is 12.9. The van der Waals surface area contributed by atoms with Crippen LogP contribution in [0, 0.1) is 50.7 Å². The molecule has 254 valence electrons. The number of hydrogen-bond acceptors (Lipinski definition) is 4. The van der Waals surface area contributed by atoms with Gasteiger partial charge in [-0.2, -0.15) is 0 Å². The summed E-state index contributed by atoms with van der Waals surface area (Å²) < 4.78 is 0. The zero-order chi connectivity index (χ0) is 33.3. The minimum Gasteiger partial charge on any atom is -0.478 e. The SMILES string of the molecule is CN(C)CCN(CCO)C(=O)[C@]12CCC[C@@H]1[C@H]1CC[C@@H]3[C@@]4(C)CC=C(c5ccc(C(=O)O)cc5)C(C)(C)[C@@H]4CC[C@@]3(C)[C@]1(C)CC2. The second-order valence-corrected chi connectivity index (χ2v) is 17.6. The topological polar surface area (TPSA) is 81.1 Å². The third-order valence-electron chi connectivity index (χ3n) is 15.3. The standard InChI is InChI=1S/C40H60N2O4/c1-36(2)29(27-10-12-28(13-11-27)34(44)45)16-19-37(3)32(36)17-20-39(5)33(37)15-14-30-31-9-8-18-40(31,22-21-38(30,39)4)35(46)42(25-26-43)24-23-41(6)7/h10-13,16,30-33,43H,8-9,14-15,17-26H2,1-7H3,(H,44,45)/t30-,31-,32+,33-,37+,38-,39-,40+/m1/s1. The van der Waals surface area contributed by atoms with Gasteiger partial charge in [0.15, 0.2) is 0 Å². The number of aliphatic hydroxyl groups excluding tert-OH is 1. The number of nitrogens with zero attached hydrogens (tertiary/aromatic N) is 2. The Morgan fingerprint density at radius 1 is 0.804 bits per heavy atom. The van der Waals surface area contributed by atoms with Crippen molar-refractivity contribution in [1.29, 1.82) is 0 Å². The van der Waals surface area contributed by atoms with Crippen LogP contribution in [0.2, 0.25) is 0 Å². The Labute approximate surface area is 278 Å². The van der Waals surface area contributed by atoms with E-state index in [1.165, 1.54) is 37.7 Å². The van der Waals surface area contributed by atoms with E-state index >= 15 is 0 Å². The normalized spacial score (nSPS) is 39.5. The van der Waals surface area contributed by atoms with Gasteiger partial charge in [0.1, 0.15) is 0 Å². The molecule has 1 aromatic carbocycles. The summed E-state index contributed by atoms with van der Waals surface area (Å²) in [4.78, 5) is 30.2. The van der Waals surface area contributed by atoms with Gasteiger partial charge in [-0.05, 0) is 140 Å². The summed E-state index contributed by atoms with van der Waals surface area (Å²) in [6, 6.07) is 7.53. The molecule has 1 aromatic rings. The van der Waals surface area contributed by atoms with Crippen molar-refractivity contribution in [1.82, 2.24) is 9.80 Å². The molecular formula is C40H60N2O4. The summed E-state index contributed by atoms with van der Waals surface area (Å²) in [6.45, 7) is 14.8. The van der Waals surface area contributed by atoms with Crippen LogP contribution in [0.1, 0.15) is 115 Å². The van der Waals surface area contributed by atoms with Gasteiger partial charge in [0.05, 0.1) is 17.6 Å². The van der Waals surface area contributed by atoms with E-state index in [2.05, 4.69) is 59.7 Å². The molecule has 2 N–H and O–H groups in total. The van der Waals surface area contributed by atoms with Crippen molar-refractivity contribution < 1.29 is 19.8 Å². The van der Waals surface area contributed by atoms with Crippen LogP contribution in [0.4, 0.5) is 0 Å². The fourth-order valence-corrected chi connectivity index (χ4v) is 12.9. The molecule has 0 unspecified atom stereocenters. The van der Waals surface area contributed by atoms with Gasteiger partial charge in [-0.1, -0.05) is 59.2 Å². The van der Waals surface area contributed by atoms with Gasteiger partial charge >= 0.3 is 5.97 Å². The lowest BCUT2D eigenvalue weighted by molar-refractivity contribution is -0.224. The summed E-state index contributed by atoms with van der Waals surface area (Å²) in [5.74, 6) is 1.69. The van der Waals surface area contributed by atoms with Crippen molar-refractivity contribution in [2.45, 2.75) is 98.8 Å². The molecule has 0 bridgehead atoms. The molecule has 4 saturated carbocycles. The summed E-state index contributed by atoms with van der Waals surface area (Å²) in [5, 5.41) is 19.4. The molecule has 8 atom stereocenters. The van der Waals surface area contributed by atoms with E-state index in [-0.39, 0.29) is 33.7 Å². The smallest absolute Gasteiger partial charge is 0.335 e. The molecule has 1 amide bonds. The first-order chi connectivity index (χ1) is 21.7. The van der Waals surface area contributed by atoms with Gasteiger partial charge in [-0.3, -0.25) is 4.79 Å². The summed E-state index contributed by atoms with van der Waals surface area (Å²) >= 11 is 0. The highest BCUT2D eigenvalue weighted by atomic mass is 16.4. The maximum absolute atomic E-state index is 14.5. The monoisotopic (exact) mass is 632 g/mol. The number of benzene rings is 1. The lowest BCUT2D eigenvalue weighted by Gasteiger charge is -2.72. The Kier molecular flexibility index (Phi) is 8.61. The van der Waals surface area contributed by atoms with Gasteiger partial charge in [0.25, 0.3) is 0 Å². The molecule has 4 fully saturated rings. The van der Waals surface area contributed by atoms with Crippen molar-refractivity contribution in [2.24, 2.45) is 50.7 Å². The number of amides is 1. The van der Waals surface area contributed by atoms with Crippen molar-refractivity contribution in [3.8, 4) is 0 Å². The number of carboxylic acids is 1. The van der Waals surface area contributed by atoms with E-state index < -0.39 is 5.97 Å². The lowest BCUT2D eigenvalue weighted by Crippen LogP contribution is -2.66. The van der Waals surface area contributed by atoms with Crippen LogP contribution in [-0.4, -0.2) is 72.2 Å². The largest absolute Gasteiger partial charge is 0.478 e. The zero-order valence-corrected chi connectivity index (χ0v) is 29.7. The van der Waals surface area contributed by atoms with E-state index in [1.54, 1.807) is 12.1 Å². The van der Waals surface area contributed by atoms with Crippen molar-refractivity contribution in [2.75, 3.05) is 40.3 Å². The molecule has 0 heterocycles. The van der Waals surface area contributed by atoms with E-state index in [4.69, 9.17) is 0 Å². The van der Waals surface area contributed by atoms with Crippen LogP contribution in [0.3, 0.4) is 0 Å². The molecule has 0 saturated heterocycles. The number of carbonyl (C=O) groups is 2. The summed E-state index contributed by atoms with van der Waals surface area (Å²) in [5.41, 5.74) is 3.29. The van der Waals surface area contributed by atoms with E-state index in [0.29, 0.717) is 48.2 Å². The number of carbonyl (C=O) groups excluding carboxylic acids is 1. The molecule has 0 aliphatic heterocycles. The number of hydrogen-bond donors (Lipinski definition) is 2. The molecule has 0 aromatic heterocycles. The van der Waals surface area contributed by atoms with Crippen LogP contribution in [0.15, 0.2) is 30.3 Å². The first-order valence-electron chi connectivity index (χ1n) is 18.2. The Hall–Kier alpha value is -2.18. The fraction of sp³-hybridized carbons (Fsp3) is 0.750. The number of likely N-dealkylation sites (N-methyl/N-ethyl adjacent to an activating group) is 1. The molecule has 6 rings (SSSR count). The van der Waals surface area contributed by atoms with Gasteiger partial charge in [0.2, 0.25) is 5.91 Å². The summed E-state index contributed by atoms with van der Waals surface area (Å²) in [7, 11) is 4.11. The second kappa shape index (κ2) is 11.8.